The van der Waals surface area contributed by atoms with Gasteiger partial charge >= 0.3 is 0 Å². The molecule has 0 aliphatic heterocycles. The largest absolute Gasteiger partial charge is 0.0843 e. The second-order valence-corrected chi connectivity index (χ2v) is 4.38. The lowest BCUT2D eigenvalue weighted by Gasteiger charge is -2.05. The Hall–Kier alpha value is -0.270. The Bertz CT molecular complexity index is 355. The molecule has 0 aromatic heterocycles. The molecule has 1 aromatic rings. The van der Waals surface area contributed by atoms with E-state index in [0.717, 1.165) is 5.02 Å². The van der Waals surface area contributed by atoms with E-state index in [1.165, 1.54) is 16.7 Å². The lowest BCUT2D eigenvalue weighted by atomic mass is 10.1. The number of hydrogen-bond acceptors (Lipinski definition) is 0. The summed E-state index contributed by atoms with van der Waals surface area (Å²) < 4.78 is 0. The molecule has 0 heterocycles. The molecule has 0 N–H and O–H groups in total. The molecule has 12 heavy (non-hydrogen) atoms. The van der Waals surface area contributed by atoms with Gasteiger partial charge in [-0.25, -0.2) is 0 Å². The van der Waals surface area contributed by atoms with Gasteiger partial charge in [-0.3, -0.25) is 0 Å². The normalized spacial score (nSPS) is 20.6. The third-order valence-corrected chi connectivity index (χ3v) is 3.56. The topological polar surface area (TPSA) is 0 Å². The second kappa shape index (κ2) is 2.90. The molecule has 0 amide bonds. The zero-order valence-electron chi connectivity index (χ0n) is 6.64. The quantitative estimate of drug-likeness (QED) is 0.599. The van der Waals surface area contributed by atoms with E-state index >= 15 is 0 Å². The molecular formula is C10H8BrCl. The van der Waals surface area contributed by atoms with E-state index in [-0.39, 0.29) is 0 Å². The van der Waals surface area contributed by atoms with Crippen molar-refractivity contribution in [3.8, 4) is 0 Å². The minimum atomic E-state index is 0.353. The lowest BCUT2D eigenvalue weighted by molar-refractivity contribution is 1.18. The van der Waals surface area contributed by atoms with Gasteiger partial charge in [0.2, 0.25) is 0 Å². The van der Waals surface area contributed by atoms with Crippen LogP contribution in [0.4, 0.5) is 0 Å². The van der Waals surface area contributed by atoms with Crippen LogP contribution in [0.15, 0.2) is 23.8 Å². The maximum absolute atomic E-state index is 5.89. The van der Waals surface area contributed by atoms with Crippen LogP contribution in [0, 0.1) is 0 Å². The van der Waals surface area contributed by atoms with Gasteiger partial charge in [-0.05, 0) is 30.2 Å². The summed E-state index contributed by atoms with van der Waals surface area (Å²) in [5.41, 5.74) is 3.89. The average molecular weight is 244 g/mol. The highest BCUT2D eigenvalue weighted by atomic mass is 79.9. The van der Waals surface area contributed by atoms with Crippen LogP contribution in [0.25, 0.3) is 6.08 Å². The zero-order chi connectivity index (χ0) is 8.72. The molecule has 1 unspecified atom stereocenters. The van der Waals surface area contributed by atoms with E-state index in [1.807, 2.05) is 12.1 Å². The molecule has 2 rings (SSSR count). The van der Waals surface area contributed by atoms with Crippen LogP contribution < -0.4 is 0 Å². The fourth-order valence-electron chi connectivity index (χ4n) is 1.46. The second-order valence-electron chi connectivity index (χ2n) is 3.02. The minimum Gasteiger partial charge on any atom is -0.0843 e. The van der Waals surface area contributed by atoms with E-state index in [4.69, 9.17) is 11.6 Å². The predicted octanol–water partition coefficient (Wildman–Crippen LogP) is 4.19. The highest BCUT2D eigenvalue weighted by Gasteiger charge is 2.19. The van der Waals surface area contributed by atoms with Gasteiger partial charge in [-0.1, -0.05) is 45.2 Å². The molecule has 1 aromatic carbocycles. The Morgan fingerprint density at radius 1 is 1.42 bits per heavy atom. The molecule has 0 bridgehead atoms. The van der Waals surface area contributed by atoms with Gasteiger partial charge in [0, 0.05) is 5.02 Å². The number of rotatable bonds is 0. The van der Waals surface area contributed by atoms with Gasteiger partial charge in [0.25, 0.3) is 0 Å². The van der Waals surface area contributed by atoms with Crippen molar-refractivity contribution < 1.29 is 0 Å². The van der Waals surface area contributed by atoms with Crippen LogP contribution in [0.5, 0.6) is 0 Å². The van der Waals surface area contributed by atoms with Crippen LogP contribution >= 0.6 is 27.5 Å². The molecule has 0 saturated heterocycles. The predicted molar refractivity (Wildman–Crippen MR) is 56.8 cm³/mol. The van der Waals surface area contributed by atoms with Crippen LogP contribution in [0.1, 0.15) is 22.9 Å². The van der Waals surface area contributed by atoms with Gasteiger partial charge in [0.15, 0.2) is 0 Å². The summed E-state index contributed by atoms with van der Waals surface area (Å²) in [6.07, 6.45) is 2.19. The molecule has 0 nitrogen and oxygen atoms in total. The average Bonchev–Trinajstić information content (AvgIpc) is 2.31. The molecule has 1 atom stereocenters. The molecule has 0 spiro atoms. The van der Waals surface area contributed by atoms with Gasteiger partial charge < -0.3 is 0 Å². The summed E-state index contributed by atoms with van der Waals surface area (Å²) in [4.78, 5) is 0.353. The SMILES string of the molecule is CC1=Cc2ccc(Cl)cc2C1Br. The van der Waals surface area contributed by atoms with Crippen molar-refractivity contribution in [1.82, 2.24) is 0 Å². The first kappa shape index (κ1) is 8.33. The Balaban J connectivity index is 2.57. The molecule has 2 heteroatoms. The van der Waals surface area contributed by atoms with Crippen molar-refractivity contribution in [2.45, 2.75) is 11.8 Å². The molecule has 1 aliphatic carbocycles. The third-order valence-electron chi connectivity index (χ3n) is 2.10. The summed E-state index contributed by atoms with van der Waals surface area (Å²) in [5.74, 6) is 0. The van der Waals surface area contributed by atoms with Crippen molar-refractivity contribution >= 4 is 33.6 Å². The van der Waals surface area contributed by atoms with Gasteiger partial charge in [0.1, 0.15) is 0 Å². The maximum atomic E-state index is 5.89. The highest BCUT2D eigenvalue weighted by Crippen LogP contribution is 2.41. The van der Waals surface area contributed by atoms with Crippen LogP contribution in [0.2, 0.25) is 5.02 Å². The summed E-state index contributed by atoms with van der Waals surface area (Å²) in [6.45, 7) is 2.12. The third kappa shape index (κ3) is 1.21. The molecule has 1 aliphatic rings. The monoisotopic (exact) mass is 242 g/mol. The number of halogens is 2. The first-order valence-electron chi connectivity index (χ1n) is 3.80. The Kier molecular flexibility index (Phi) is 2.01. The van der Waals surface area contributed by atoms with Gasteiger partial charge in [-0.15, -0.1) is 0 Å². The van der Waals surface area contributed by atoms with Crippen molar-refractivity contribution in [2.24, 2.45) is 0 Å². The van der Waals surface area contributed by atoms with Crippen LogP contribution in [0.3, 0.4) is 0 Å². The zero-order valence-corrected chi connectivity index (χ0v) is 8.98. The maximum Gasteiger partial charge on any atom is 0.0611 e. The Labute approximate surface area is 85.4 Å². The molecule has 0 saturated carbocycles. The number of hydrogen-bond donors (Lipinski definition) is 0. The molecule has 62 valence electrons. The summed E-state index contributed by atoms with van der Waals surface area (Å²) in [7, 11) is 0. The van der Waals surface area contributed by atoms with Crippen LogP contribution in [-0.2, 0) is 0 Å². The first-order chi connectivity index (χ1) is 5.68. The fraction of sp³-hybridized carbons (Fsp3) is 0.200. The van der Waals surface area contributed by atoms with Gasteiger partial charge in [-0.2, -0.15) is 0 Å². The smallest absolute Gasteiger partial charge is 0.0611 e. The lowest BCUT2D eigenvalue weighted by Crippen LogP contribution is -1.85. The van der Waals surface area contributed by atoms with Crippen molar-refractivity contribution in [1.29, 1.82) is 0 Å². The van der Waals surface area contributed by atoms with Crippen molar-refractivity contribution in [2.75, 3.05) is 0 Å². The van der Waals surface area contributed by atoms with E-state index in [0.29, 0.717) is 4.83 Å². The number of benzene rings is 1. The van der Waals surface area contributed by atoms with E-state index in [1.54, 1.807) is 0 Å². The summed E-state index contributed by atoms with van der Waals surface area (Å²) in [5, 5.41) is 0.807. The standard InChI is InChI=1S/C10H8BrCl/c1-6-4-7-2-3-8(12)5-9(7)10(6)11/h2-5,10H,1H3. The van der Waals surface area contributed by atoms with E-state index in [2.05, 4.69) is 35.0 Å². The number of alkyl halides is 1. The van der Waals surface area contributed by atoms with Crippen molar-refractivity contribution in [3.05, 3.63) is 39.9 Å². The van der Waals surface area contributed by atoms with E-state index in [9.17, 15) is 0 Å². The summed E-state index contributed by atoms with van der Waals surface area (Å²) >= 11 is 9.50. The first-order valence-corrected chi connectivity index (χ1v) is 5.09. The van der Waals surface area contributed by atoms with Crippen molar-refractivity contribution in [3.63, 3.8) is 0 Å². The summed E-state index contributed by atoms with van der Waals surface area (Å²) in [6, 6.07) is 6.00. The van der Waals surface area contributed by atoms with E-state index < -0.39 is 0 Å². The molecular weight excluding hydrogens is 235 g/mol. The fourth-order valence-corrected chi connectivity index (χ4v) is 2.17. The molecule has 0 radical (unpaired) electrons. The minimum absolute atomic E-state index is 0.353. The highest BCUT2D eigenvalue weighted by molar-refractivity contribution is 9.09. The number of fused-ring (bicyclic) bond motifs is 1. The molecule has 0 fully saturated rings. The Morgan fingerprint density at radius 2 is 2.17 bits per heavy atom. The number of allylic oxidation sites excluding steroid dienone is 1. The Morgan fingerprint density at radius 3 is 2.92 bits per heavy atom. The van der Waals surface area contributed by atoms with Gasteiger partial charge in [0.05, 0.1) is 4.83 Å². The van der Waals surface area contributed by atoms with Crippen LogP contribution in [-0.4, -0.2) is 0 Å².